The van der Waals surface area contributed by atoms with Crippen LogP contribution in [0.4, 0.5) is 0 Å². The Kier molecular flexibility index (Phi) is 4.10. The minimum absolute atomic E-state index is 0.686. The molecule has 0 saturated heterocycles. The molecular formula is C16H19BrN2O. The molecule has 1 aromatic carbocycles. The Morgan fingerprint density at radius 2 is 1.95 bits per heavy atom. The average Bonchev–Trinajstić information content (AvgIpc) is 2.77. The van der Waals surface area contributed by atoms with E-state index >= 15 is 0 Å². The van der Waals surface area contributed by atoms with Gasteiger partial charge in [-0.15, -0.1) is 0 Å². The van der Waals surface area contributed by atoms with Crippen molar-refractivity contribution in [1.82, 2.24) is 9.55 Å². The predicted octanol–water partition coefficient (Wildman–Crippen LogP) is 3.91. The maximum Gasteiger partial charge on any atom is 0.119 e. The number of aromatic nitrogens is 2. The lowest BCUT2D eigenvalue weighted by Gasteiger charge is -2.15. The van der Waals surface area contributed by atoms with Crippen LogP contribution in [0.25, 0.3) is 0 Å². The Hall–Kier alpha value is -1.29. The molecule has 0 fully saturated rings. The van der Waals surface area contributed by atoms with Gasteiger partial charge in [-0.25, -0.2) is 4.98 Å². The number of halogens is 1. The summed E-state index contributed by atoms with van der Waals surface area (Å²) in [6.07, 6.45) is 4.86. The van der Waals surface area contributed by atoms with Gasteiger partial charge in [-0.1, -0.05) is 15.9 Å². The molecule has 1 aromatic heterocycles. The Balaban J connectivity index is 1.64. The minimum atomic E-state index is 0.686. The van der Waals surface area contributed by atoms with Crippen LogP contribution in [0.2, 0.25) is 0 Å². The van der Waals surface area contributed by atoms with Crippen LogP contribution in [0.15, 0.2) is 28.7 Å². The highest BCUT2D eigenvalue weighted by Gasteiger charge is 2.17. The molecule has 2 aromatic rings. The van der Waals surface area contributed by atoms with Gasteiger partial charge in [0.1, 0.15) is 18.2 Å². The Labute approximate surface area is 128 Å². The summed E-state index contributed by atoms with van der Waals surface area (Å²) in [5.74, 6) is 2.04. The van der Waals surface area contributed by atoms with Crippen LogP contribution in [-0.4, -0.2) is 16.2 Å². The molecule has 3 rings (SSSR count). The number of hydrogen-bond acceptors (Lipinski definition) is 2. The molecule has 0 atom stereocenters. The van der Waals surface area contributed by atoms with Gasteiger partial charge >= 0.3 is 0 Å². The maximum absolute atomic E-state index is 5.81. The van der Waals surface area contributed by atoms with E-state index in [4.69, 9.17) is 4.74 Å². The van der Waals surface area contributed by atoms with E-state index in [0.717, 1.165) is 35.4 Å². The number of fused-ring (bicyclic) bond motifs is 1. The van der Waals surface area contributed by atoms with Crippen molar-refractivity contribution in [2.24, 2.45) is 0 Å². The van der Waals surface area contributed by atoms with Crippen LogP contribution in [-0.2, 0) is 19.4 Å². The highest BCUT2D eigenvalue weighted by molar-refractivity contribution is 9.10. The summed E-state index contributed by atoms with van der Waals surface area (Å²) in [4.78, 5) is 4.69. The highest BCUT2D eigenvalue weighted by atomic mass is 79.9. The summed E-state index contributed by atoms with van der Waals surface area (Å²) in [6.45, 7) is 3.66. The average molecular weight is 335 g/mol. The number of nitrogens with zero attached hydrogens (tertiary/aromatic N) is 2. The molecule has 1 aliphatic carbocycles. The van der Waals surface area contributed by atoms with Gasteiger partial charge in [0.05, 0.1) is 12.2 Å². The minimum Gasteiger partial charge on any atom is -0.492 e. The molecule has 0 unspecified atom stereocenters. The lowest BCUT2D eigenvalue weighted by molar-refractivity contribution is 0.294. The van der Waals surface area contributed by atoms with E-state index in [-0.39, 0.29) is 0 Å². The molecule has 0 N–H and O–H groups in total. The van der Waals surface area contributed by atoms with Crippen LogP contribution < -0.4 is 4.74 Å². The van der Waals surface area contributed by atoms with Crippen LogP contribution in [0.3, 0.4) is 0 Å². The number of ether oxygens (including phenoxy) is 1. The lowest BCUT2D eigenvalue weighted by atomic mass is 10.0. The SMILES string of the molecule is Cc1nc2c(n1CCOc1ccc(Br)cc1)CCCC2. The fraction of sp³-hybridized carbons (Fsp3) is 0.438. The summed E-state index contributed by atoms with van der Waals surface area (Å²) < 4.78 is 9.21. The summed E-state index contributed by atoms with van der Waals surface area (Å²) in [5, 5.41) is 0. The van der Waals surface area contributed by atoms with Gasteiger partial charge in [0.25, 0.3) is 0 Å². The van der Waals surface area contributed by atoms with Crippen molar-refractivity contribution in [2.75, 3.05) is 6.61 Å². The van der Waals surface area contributed by atoms with Gasteiger partial charge in [-0.05, 0) is 56.9 Å². The van der Waals surface area contributed by atoms with Gasteiger partial charge < -0.3 is 9.30 Å². The summed E-state index contributed by atoms with van der Waals surface area (Å²) in [5.41, 5.74) is 2.73. The summed E-state index contributed by atoms with van der Waals surface area (Å²) >= 11 is 3.43. The number of aryl methyl sites for hydroxylation is 2. The van der Waals surface area contributed by atoms with Gasteiger partial charge in [0.2, 0.25) is 0 Å². The Morgan fingerprint density at radius 3 is 2.75 bits per heavy atom. The molecule has 0 aliphatic heterocycles. The van der Waals surface area contributed by atoms with Crippen molar-refractivity contribution in [1.29, 1.82) is 0 Å². The van der Waals surface area contributed by atoms with E-state index < -0.39 is 0 Å². The monoisotopic (exact) mass is 334 g/mol. The van der Waals surface area contributed by atoms with Crippen molar-refractivity contribution >= 4 is 15.9 Å². The smallest absolute Gasteiger partial charge is 0.119 e. The van der Waals surface area contributed by atoms with Crippen molar-refractivity contribution in [2.45, 2.75) is 39.2 Å². The van der Waals surface area contributed by atoms with Crippen molar-refractivity contribution in [3.8, 4) is 5.75 Å². The first kappa shape index (κ1) is 13.7. The molecule has 4 heteroatoms. The first-order chi connectivity index (χ1) is 9.74. The van der Waals surface area contributed by atoms with E-state index in [2.05, 4.69) is 32.4 Å². The van der Waals surface area contributed by atoms with E-state index in [1.807, 2.05) is 24.3 Å². The van der Waals surface area contributed by atoms with Crippen molar-refractivity contribution in [3.05, 3.63) is 46.0 Å². The zero-order chi connectivity index (χ0) is 13.9. The van der Waals surface area contributed by atoms with Gasteiger partial charge in [-0.3, -0.25) is 0 Å². The first-order valence-electron chi connectivity index (χ1n) is 7.17. The molecule has 106 valence electrons. The molecule has 1 heterocycles. The van der Waals surface area contributed by atoms with E-state index in [1.54, 1.807) is 0 Å². The van der Waals surface area contributed by atoms with Crippen LogP contribution >= 0.6 is 15.9 Å². The molecule has 20 heavy (non-hydrogen) atoms. The van der Waals surface area contributed by atoms with Gasteiger partial charge in [0.15, 0.2) is 0 Å². The largest absolute Gasteiger partial charge is 0.492 e. The number of hydrogen-bond donors (Lipinski definition) is 0. The zero-order valence-electron chi connectivity index (χ0n) is 11.7. The zero-order valence-corrected chi connectivity index (χ0v) is 13.3. The van der Waals surface area contributed by atoms with Crippen molar-refractivity contribution in [3.63, 3.8) is 0 Å². The second-order valence-corrected chi connectivity index (χ2v) is 6.13. The van der Waals surface area contributed by atoms with Crippen LogP contribution in [0.5, 0.6) is 5.75 Å². The third-order valence-corrected chi connectivity index (χ3v) is 4.35. The van der Waals surface area contributed by atoms with E-state index in [1.165, 1.54) is 24.2 Å². The maximum atomic E-state index is 5.81. The van der Waals surface area contributed by atoms with E-state index in [9.17, 15) is 0 Å². The Morgan fingerprint density at radius 1 is 1.20 bits per heavy atom. The molecule has 0 saturated carbocycles. The van der Waals surface area contributed by atoms with Crippen LogP contribution in [0, 0.1) is 6.92 Å². The molecule has 0 radical (unpaired) electrons. The van der Waals surface area contributed by atoms with Crippen LogP contribution in [0.1, 0.15) is 30.1 Å². The molecule has 0 bridgehead atoms. The summed E-state index contributed by atoms with van der Waals surface area (Å²) in [7, 11) is 0. The number of benzene rings is 1. The number of imidazole rings is 1. The predicted molar refractivity (Wildman–Crippen MR) is 83.2 cm³/mol. The standard InChI is InChI=1S/C16H19BrN2O/c1-12-18-15-4-2-3-5-16(15)19(12)10-11-20-14-8-6-13(17)7-9-14/h6-9H,2-5,10-11H2,1H3. The Bertz CT molecular complexity index is 589. The summed E-state index contributed by atoms with van der Waals surface area (Å²) in [6, 6.07) is 7.97. The number of rotatable bonds is 4. The lowest BCUT2D eigenvalue weighted by Crippen LogP contribution is -2.14. The fourth-order valence-corrected chi connectivity index (χ4v) is 3.08. The van der Waals surface area contributed by atoms with Gasteiger partial charge in [0, 0.05) is 10.2 Å². The molecular weight excluding hydrogens is 316 g/mol. The third-order valence-electron chi connectivity index (χ3n) is 3.82. The molecule has 1 aliphatic rings. The third kappa shape index (κ3) is 2.90. The normalized spacial score (nSPS) is 14.1. The second-order valence-electron chi connectivity index (χ2n) is 5.21. The fourth-order valence-electron chi connectivity index (χ4n) is 2.82. The molecule has 0 amide bonds. The topological polar surface area (TPSA) is 27.1 Å². The van der Waals surface area contributed by atoms with E-state index in [0.29, 0.717) is 6.61 Å². The van der Waals surface area contributed by atoms with Gasteiger partial charge in [-0.2, -0.15) is 0 Å². The quantitative estimate of drug-likeness (QED) is 0.847. The second kappa shape index (κ2) is 6.00. The molecule has 0 spiro atoms. The molecule has 3 nitrogen and oxygen atoms in total. The first-order valence-corrected chi connectivity index (χ1v) is 7.96. The van der Waals surface area contributed by atoms with Crippen molar-refractivity contribution < 1.29 is 4.74 Å². The highest BCUT2D eigenvalue weighted by Crippen LogP contribution is 2.22.